The largest absolute Gasteiger partial charge is 0.481 e. The monoisotopic (exact) mass is 368 g/mol. The lowest BCUT2D eigenvalue weighted by Crippen LogP contribution is -2.34. The Hall–Kier alpha value is -3.15. The number of carbonyl (C=O) groups is 3. The molecule has 0 aliphatic heterocycles. The third kappa shape index (κ3) is 5.67. The first kappa shape index (κ1) is 20.2. The molecule has 0 aromatic heterocycles. The molecular weight excluding hydrogens is 344 g/mol. The molecular formula is C21H24N2O4. The second-order valence-electron chi connectivity index (χ2n) is 6.34. The fourth-order valence-corrected chi connectivity index (χ4v) is 2.62. The zero-order valence-corrected chi connectivity index (χ0v) is 15.5. The van der Waals surface area contributed by atoms with Gasteiger partial charge < -0.3 is 15.3 Å². The Morgan fingerprint density at radius 1 is 1.04 bits per heavy atom. The normalized spacial score (nSPS) is 11.5. The van der Waals surface area contributed by atoms with E-state index in [4.69, 9.17) is 0 Å². The zero-order valence-electron chi connectivity index (χ0n) is 15.5. The standard InChI is InChI=1S/C21H24N2O4/c1-3-23(2)20(25)17-11-7-10-16(13-17)19(24)22-14-18(21(26)27)12-15-8-5-4-6-9-15/h4-11,13,18H,3,12,14H2,1-2H3,(H,22,24)(H,26,27). The van der Waals surface area contributed by atoms with Crippen LogP contribution in [0.15, 0.2) is 54.6 Å². The van der Waals surface area contributed by atoms with Gasteiger partial charge in [-0.3, -0.25) is 14.4 Å². The number of rotatable bonds is 8. The minimum absolute atomic E-state index is 0.0100. The Kier molecular flexibility index (Phi) is 7.11. The van der Waals surface area contributed by atoms with Gasteiger partial charge in [-0.1, -0.05) is 36.4 Å². The molecule has 2 amide bonds. The van der Waals surface area contributed by atoms with E-state index >= 15 is 0 Å². The summed E-state index contributed by atoms with van der Waals surface area (Å²) in [7, 11) is 1.69. The van der Waals surface area contributed by atoms with Gasteiger partial charge in [0.05, 0.1) is 5.92 Å². The van der Waals surface area contributed by atoms with Crippen molar-refractivity contribution in [3.05, 3.63) is 71.3 Å². The molecule has 27 heavy (non-hydrogen) atoms. The SMILES string of the molecule is CCN(C)C(=O)c1cccc(C(=O)NCC(Cc2ccccc2)C(=O)O)c1. The highest BCUT2D eigenvalue weighted by Crippen LogP contribution is 2.11. The molecule has 1 atom stereocenters. The summed E-state index contributed by atoms with van der Waals surface area (Å²) in [6.45, 7) is 2.44. The second kappa shape index (κ2) is 9.52. The van der Waals surface area contributed by atoms with Crippen molar-refractivity contribution in [1.82, 2.24) is 10.2 Å². The molecule has 2 aromatic rings. The average Bonchev–Trinajstić information content (AvgIpc) is 2.70. The quantitative estimate of drug-likeness (QED) is 0.749. The maximum Gasteiger partial charge on any atom is 0.308 e. The van der Waals surface area contributed by atoms with E-state index in [1.165, 1.54) is 6.07 Å². The highest BCUT2D eigenvalue weighted by Gasteiger charge is 2.20. The third-order valence-corrected chi connectivity index (χ3v) is 4.38. The number of nitrogens with zero attached hydrogens (tertiary/aromatic N) is 1. The fourth-order valence-electron chi connectivity index (χ4n) is 2.62. The van der Waals surface area contributed by atoms with Crippen LogP contribution in [0.4, 0.5) is 0 Å². The molecule has 0 aliphatic rings. The molecule has 1 unspecified atom stereocenters. The molecule has 0 saturated carbocycles. The summed E-state index contributed by atoms with van der Waals surface area (Å²) in [5, 5.41) is 12.1. The molecule has 0 bridgehead atoms. The van der Waals surface area contributed by atoms with Gasteiger partial charge in [-0.15, -0.1) is 0 Å². The molecule has 0 radical (unpaired) electrons. The molecule has 2 N–H and O–H groups in total. The van der Waals surface area contributed by atoms with E-state index in [-0.39, 0.29) is 12.5 Å². The molecule has 0 heterocycles. The average molecular weight is 368 g/mol. The Balaban J connectivity index is 2.03. The first-order valence-corrected chi connectivity index (χ1v) is 8.82. The van der Waals surface area contributed by atoms with Crippen molar-refractivity contribution in [2.45, 2.75) is 13.3 Å². The van der Waals surface area contributed by atoms with Crippen LogP contribution in [0.3, 0.4) is 0 Å². The van der Waals surface area contributed by atoms with Crippen LogP contribution < -0.4 is 5.32 Å². The molecule has 2 aromatic carbocycles. The van der Waals surface area contributed by atoms with E-state index in [2.05, 4.69) is 5.32 Å². The predicted octanol–water partition coefficient (Wildman–Crippen LogP) is 2.45. The summed E-state index contributed by atoms with van der Waals surface area (Å²) in [5.74, 6) is -2.26. The lowest BCUT2D eigenvalue weighted by atomic mass is 9.99. The Morgan fingerprint density at radius 3 is 2.33 bits per heavy atom. The topological polar surface area (TPSA) is 86.7 Å². The van der Waals surface area contributed by atoms with Crippen LogP contribution in [0, 0.1) is 5.92 Å². The fraction of sp³-hybridized carbons (Fsp3) is 0.286. The lowest BCUT2D eigenvalue weighted by molar-refractivity contribution is -0.141. The summed E-state index contributed by atoms with van der Waals surface area (Å²) in [4.78, 5) is 37.7. The first-order chi connectivity index (χ1) is 12.9. The van der Waals surface area contributed by atoms with Crippen molar-refractivity contribution in [2.24, 2.45) is 5.92 Å². The number of carboxylic acid groups (broad SMARTS) is 1. The number of benzene rings is 2. The summed E-state index contributed by atoms with van der Waals surface area (Å²) in [6, 6.07) is 15.7. The van der Waals surface area contributed by atoms with E-state index in [1.807, 2.05) is 37.3 Å². The van der Waals surface area contributed by atoms with Crippen LogP contribution in [-0.2, 0) is 11.2 Å². The highest BCUT2D eigenvalue weighted by molar-refractivity contribution is 5.99. The summed E-state index contributed by atoms with van der Waals surface area (Å²) >= 11 is 0. The van der Waals surface area contributed by atoms with Crippen molar-refractivity contribution in [2.75, 3.05) is 20.1 Å². The van der Waals surface area contributed by atoms with Gasteiger partial charge in [-0.05, 0) is 37.1 Å². The molecule has 0 spiro atoms. The van der Waals surface area contributed by atoms with Crippen LogP contribution >= 0.6 is 0 Å². The maximum absolute atomic E-state index is 12.4. The van der Waals surface area contributed by atoms with Crippen molar-refractivity contribution in [3.63, 3.8) is 0 Å². The minimum atomic E-state index is -0.965. The van der Waals surface area contributed by atoms with Crippen LogP contribution in [-0.4, -0.2) is 47.9 Å². The van der Waals surface area contributed by atoms with Gasteiger partial charge in [0.1, 0.15) is 0 Å². The minimum Gasteiger partial charge on any atom is -0.481 e. The number of amides is 2. The van der Waals surface area contributed by atoms with E-state index < -0.39 is 17.8 Å². The molecule has 6 nitrogen and oxygen atoms in total. The number of nitrogens with one attached hydrogen (secondary N) is 1. The molecule has 0 saturated heterocycles. The van der Waals surface area contributed by atoms with E-state index in [0.29, 0.717) is 24.1 Å². The summed E-state index contributed by atoms with van der Waals surface area (Å²) in [6.07, 6.45) is 0.330. The van der Waals surface area contributed by atoms with E-state index in [1.54, 1.807) is 30.1 Å². The Bertz CT molecular complexity index is 805. The first-order valence-electron chi connectivity index (χ1n) is 8.82. The number of carbonyl (C=O) groups excluding carboxylic acids is 2. The van der Waals surface area contributed by atoms with Crippen molar-refractivity contribution in [1.29, 1.82) is 0 Å². The Labute approximate surface area is 158 Å². The van der Waals surface area contributed by atoms with Gasteiger partial charge in [0, 0.05) is 31.3 Å². The van der Waals surface area contributed by atoms with Gasteiger partial charge in [0.25, 0.3) is 11.8 Å². The second-order valence-corrected chi connectivity index (χ2v) is 6.34. The molecule has 2 rings (SSSR count). The van der Waals surface area contributed by atoms with Crippen LogP contribution in [0.2, 0.25) is 0 Å². The number of hydrogen-bond donors (Lipinski definition) is 2. The van der Waals surface area contributed by atoms with E-state index in [9.17, 15) is 19.5 Å². The smallest absolute Gasteiger partial charge is 0.308 e. The van der Waals surface area contributed by atoms with Crippen LogP contribution in [0.25, 0.3) is 0 Å². The zero-order chi connectivity index (χ0) is 19.8. The van der Waals surface area contributed by atoms with Gasteiger partial charge in [0.2, 0.25) is 0 Å². The number of aliphatic carboxylic acids is 1. The molecule has 142 valence electrons. The molecule has 0 aliphatic carbocycles. The highest BCUT2D eigenvalue weighted by atomic mass is 16.4. The van der Waals surface area contributed by atoms with Gasteiger partial charge in [-0.2, -0.15) is 0 Å². The van der Waals surface area contributed by atoms with Crippen molar-refractivity contribution < 1.29 is 19.5 Å². The summed E-state index contributed by atoms with van der Waals surface area (Å²) < 4.78 is 0. The van der Waals surface area contributed by atoms with Gasteiger partial charge in [0.15, 0.2) is 0 Å². The third-order valence-electron chi connectivity index (χ3n) is 4.38. The van der Waals surface area contributed by atoms with Crippen molar-refractivity contribution >= 4 is 17.8 Å². The van der Waals surface area contributed by atoms with Gasteiger partial charge >= 0.3 is 5.97 Å². The van der Waals surface area contributed by atoms with Crippen LogP contribution in [0.1, 0.15) is 33.2 Å². The Morgan fingerprint density at radius 2 is 1.70 bits per heavy atom. The lowest BCUT2D eigenvalue weighted by Gasteiger charge is -2.16. The van der Waals surface area contributed by atoms with Crippen LogP contribution in [0.5, 0.6) is 0 Å². The summed E-state index contributed by atoms with van der Waals surface area (Å²) in [5.41, 5.74) is 1.65. The molecule has 0 fully saturated rings. The van der Waals surface area contributed by atoms with Crippen molar-refractivity contribution in [3.8, 4) is 0 Å². The van der Waals surface area contributed by atoms with E-state index in [0.717, 1.165) is 5.56 Å². The van der Waals surface area contributed by atoms with Gasteiger partial charge in [-0.25, -0.2) is 0 Å². The maximum atomic E-state index is 12.4. The number of hydrogen-bond acceptors (Lipinski definition) is 3. The molecule has 6 heteroatoms. The predicted molar refractivity (Wildman–Crippen MR) is 103 cm³/mol. The number of carboxylic acids is 1.